The highest BCUT2D eigenvalue weighted by Gasteiger charge is 2.09. The molecule has 0 aromatic heterocycles. The molecule has 0 spiro atoms. The molecule has 0 bridgehead atoms. The molecule has 0 aliphatic heterocycles. The van der Waals surface area contributed by atoms with E-state index in [0.717, 1.165) is 5.56 Å². The maximum Gasteiger partial charge on any atom is 0.272 e. The van der Waals surface area contributed by atoms with E-state index >= 15 is 0 Å². The summed E-state index contributed by atoms with van der Waals surface area (Å²) in [6.45, 7) is 2.04. The molecule has 2 N–H and O–H groups in total. The zero-order valence-corrected chi connectivity index (χ0v) is 6.78. The minimum absolute atomic E-state index is 0.137. The molecule has 0 aliphatic carbocycles. The van der Waals surface area contributed by atoms with Crippen LogP contribution in [-0.4, -0.2) is 4.92 Å². The SMILES string of the molecule is Cc1ccc(CN)cc1[N+](=O)[O-]. The lowest BCUT2D eigenvalue weighted by atomic mass is 10.1. The van der Waals surface area contributed by atoms with Gasteiger partial charge >= 0.3 is 0 Å². The first-order chi connectivity index (χ1) is 5.65. The van der Waals surface area contributed by atoms with Crippen LogP contribution >= 0.6 is 0 Å². The highest BCUT2D eigenvalue weighted by molar-refractivity contribution is 5.42. The average molecular weight is 166 g/mol. The quantitative estimate of drug-likeness (QED) is 0.532. The molecule has 0 radical (unpaired) electrons. The van der Waals surface area contributed by atoms with E-state index in [9.17, 15) is 10.1 Å². The van der Waals surface area contributed by atoms with Gasteiger partial charge in [0.25, 0.3) is 5.69 Å². The molecule has 0 unspecified atom stereocenters. The Bertz CT molecular complexity index is 310. The van der Waals surface area contributed by atoms with Crippen LogP contribution in [0.2, 0.25) is 0 Å². The molecule has 0 saturated carbocycles. The van der Waals surface area contributed by atoms with Crippen molar-refractivity contribution in [2.75, 3.05) is 0 Å². The van der Waals surface area contributed by atoms with Crippen LogP contribution in [0.4, 0.5) is 5.69 Å². The number of rotatable bonds is 2. The van der Waals surface area contributed by atoms with Gasteiger partial charge in [0.15, 0.2) is 0 Å². The van der Waals surface area contributed by atoms with E-state index in [4.69, 9.17) is 5.73 Å². The van der Waals surface area contributed by atoms with E-state index in [-0.39, 0.29) is 5.69 Å². The highest BCUT2D eigenvalue weighted by atomic mass is 16.6. The third-order valence-corrected chi connectivity index (χ3v) is 1.71. The Morgan fingerprint density at radius 1 is 1.58 bits per heavy atom. The van der Waals surface area contributed by atoms with E-state index in [1.807, 2.05) is 0 Å². The monoisotopic (exact) mass is 166 g/mol. The van der Waals surface area contributed by atoms with Gasteiger partial charge in [-0.3, -0.25) is 10.1 Å². The van der Waals surface area contributed by atoms with Gasteiger partial charge in [0.1, 0.15) is 0 Å². The van der Waals surface area contributed by atoms with Gasteiger partial charge in [0, 0.05) is 18.2 Å². The van der Waals surface area contributed by atoms with Crippen molar-refractivity contribution in [3.63, 3.8) is 0 Å². The minimum Gasteiger partial charge on any atom is -0.326 e. The Hall–Kier alpha value is -1.42. The maximum absolute atomic E-state index is 10.5. The lowest BCUT2D eigenvalue weighted by Gasteiger charge is -1.99. The van der Waals surface area contributed by atoms with Crippen LogP contribution in [0, 0.1) is 17.0 Å². The summed E-state index contributed by atoms with van der Waals surface area (Å²) >= 11 is 0. The molecule has 0 heterocycles. The fourth-order valence-electron chi connectivity index (χ4n) is 0.979. The number of nitro groups is 1. The van der Waals surface area contributed by atoms with E-state index in [1.165, 1.54) is 6.07 Å². The number of nitrogens with zero attached hydrogens (tertiary/aromatic N) is 1. The van der Waals surface area contributed by atoms with Crippen molar-refractivity contribution in [1.82, 2.24) is 0 Å². The highest BCUT2D eigenvalue weighted by Crippen LogP contribution is 2.18. The predicted molar refractivity (Wildman–Crippen MR) is 45.7 cm³/mol. The fraction of sp³-hybridized carbons (Fsp3) is 0.250. The van der Waals surface area contributed by atoms with Gasteiger partial charge in [-0.15, -0.1) is 0 Å². The van der Waals surface area contributed by atoms with Gasteiger partial charge in [-0.25, -0.2) is 0 Å². The van der Waals surface area contributed by atoms with Crippen LogP contribution in [0.5, 0.6) is 0 Å². The molecular weight excluding hydrogens is 156 g/mol. The first-order valence-electron chi connectivity index (χ1n) is 3.59. The van der Waals surface area contributed by atoms with Crippen LogP contribution in [0.3, 0.4) is 0 Å². The molecule has 1 aromatic carbocycles. The molecule has 0 aliphatic rings. The predicted octanol–water partition coefficient (Wildman–Crippen LogP) is 1.36. The third kappa shape index (κ3) is 1.60. The molecule has 1 aromatic rings. The van der Waals surface area contributed by atoms with Crippen LogP contribution in [0.25, 0.3) is 0 Å². The number of hydrogen-bond donors (Lipinski definition) is 1. The Balaban J connectivity index is 3.17. The molecular formula is C8H10N2O2. The van der Waals surface area contributed by atoms with E-state index in [1.54, 1.807) is 19.1 Å². The van der Waals surface area contributed by atoms with Crippen molar-refractivity contribution in [1.29, 1.82) is 0 Å². The van der Waals surface area contributed by atoms with Gasteiger partial charge in [-0.2, -0.15) is 0 Å². The molecule has 4 nitrogen and oxygen atoms in total. The van der Waals surface area contributed by atoms with Crippen molar-refractivity contribution in [2.24, 2.45) is 5.73 Å². The first-order valence-corrected chi connectivity index (χ1v) is 3.59. The topological polar surface area (TPSA) is 69.2 Å². The lowest BCUT2D eigenvalue weighted by Crippen LogP contribution is -1.98. The van der Waals surface area contributed by atoms with Crippen molar-refractivity contribution in [2.45, 2.75) is 13.5 Å². The summed E-state index contributed by atoms with van der Waals surface area (Å²) < 4.78 is 0. The van der Waals surface area contributed by atoms with Gasteiger partial charge in [0.05, 0.1) is 4.92 Å². The summed E-state index contributed by atoms with van der Waals surface area (Å²) in [5, 5.41) is 10.5. The van der Waals surface area contributed by atoms with Crippen LogP contribution in [-0.2, 0) is 6.54 Å². The molecule has 64 valence electrons. The van der Waals surface area contributed by atoms with Crippen molar-refractivity contribution in [3.8, 4) is 0 Å². The summed E-state index contributed by atoms with van der Waals surface area (Å²) in [4.78, 5) is 10.1. The smallest absolute Gasteiger partial charge is 0.272 e. The normalized spacial score (nSPS) is 9.83. The molecule has 4 heteroatoms. The number of hydrogen-bond acceptors (Lipinski definition) is 3. The van der Waals surface area contributed by atoms with Gasteiger partial charge in [-0.05, 0) is 12.5 Å². The Kier molecular flexibility index (Phi) is 2.40. The molecule has 1 rings (SSSR count). The molecule has 0 saturated heterocycles. The van der Waals surface area contributed by atoms with E-state index in [2.05, 4.69) is 0 Å². The molecule has 12 heavy (non-hydrogen) atoms. The second kappa shape index (κ2) is 3.32. The molecule has 0 amide bonds. The van der Waals surface area contributed by atoms with Crippen LogP contribution in [0.1, 0.15) is 11.1 Å². The number of benzene rings is 1. The molecule has 0 atom stereocenters. The minimum atomic E-state index is -0.394. The van der Waals surface area contributed by atoms with Gasteiger partial charge < -0.3 is 5.73 Å². The second-order valence-electron chi connectivity index (χ2n) is 2.58. The summed E-state index contributed by atoms with van der Waals surface area (Å²) in [6.07, 6.45) is 0. The fourth-order valence-corrected chi connectivity index (χ4v) is 0.979. The van der Waals surface area contributed by atoms with Crippen LogP contribution < -0.4 is 5.73 Å². The van der Waals surface area contributed by atoms with Gasteiger partial charge in [0.2, 0.25) is 0 Å². The Morgan fingerprint density at radius 3 is 2.75 bits per heavy atom. The largest absolute Gasteiger partial charge is 0.326 e. The Labute approximate surface area is 70.2 Å². The van der Waals surface area contributed by atoms with Crippen LogP contribution in [0.15, 0.2) is 18.2 Å². The average Bonchev–Trinajstić information content (AvgIpc) is 2.05. The second-order valence-corrected chi connectivity index (χ2v) is 2.58. The Morgan fingerprint density at radius 2 is 2.25 bits per heavy atom. The number of nitro benzene ring substituents is 1. The van der Waals surface area contributed by atoms with E-state index < -0.39 is 4.92 Å². The lowest BCUT2D eigenvalue weighted by molar-refractivity contribution is -0.385. The number of nitrogens with two attached hydrogens (primary N) is 1. The summed E-state index contributed by atoms with van der Waals surface area (Å²) in [5.41, 5.74) is 6.93. The number of aryl methyl sites for hydroxylation is 1. The summed E-state index contributed by atoms with van der Waals surface area (Å²) in [7, 11) is 0. The zero-order valence-electron chi connectivity index (χ0n) is 6.78. The van der Waals surface area contributed by atoms with Crippen molar-refractivity contribution < 1.29 is 4.92 Å². The van der Waals surface area contributed by atoms with E-state index in [0.29, 0.717) is 12.1 Å². The van der Waals surface area contributed by atoms with Crippen molar-refractivity contribution >= 4 is 5.69 Å². The third-order valence-electron chi connectivity index (χ3n) is 1.71. The molecule has 0 fully saturated rings. The van der Waals surface area contributed by atoms with Gasteiger partial charge in [-0.1, -0.05) is 12.1 Å². The first kappa shape index (κ1) is 8.67. The standard InChI is InChI=1S/C8H10N2O2/c1-6-2-3-7(5-9)4-8(6)10(11)12/h2-4H,5,9H2,1H3. The van der Waals surface area contributed by atoms with Crippen molar-refractivity contribution in [3.05, 3.63) is 39.4 Å². The maximum atomic E-state index is 10.5. The zero-order chi connectivity index (χ0) is 9.14. The summed E-state index contributed by atoms with van der Waals surface area (Å²) in [5.74, 6) is 0. The summed E-state index contributed by atoms with van der Waals surface area (Å²) in [6, 6.07) is 5.01.